The molecule has 0 saturated heterocycles. The van der Waals surface area contributed by atoms with E-state index in [1.165, 1.54) is 12.1 Å². The number of nitrogens with one attached hydrogen (secondary N) is 1. The molecule has 0 aliphatic heterocycles. The Hall–Kier alpha value is -1.71. The van der Waals surface area contributed by atoms with E-state index in [9.17, 15) is 4.79 Å². The van der Waals surface area contributed by atoms with Crippen molar-refractivity contribution in [3.63, 3.8) is 0 Å². The summed E-state index contributed by atoms with van der Waals surface area (Å²) in [4.78, 5) is 11.1. The van der Waals surface area contributed by atoms with Gasteiger partial charge < -0.3 is 15.2 Å². The molecule has 0 unspecified atom stereocenters. The largest absolute Gasteiger partial charge is 0.508 e. The van der Waals surface area contributed by atoms with Crippen LogP contribution in [0.3, 0.4) is 0 Å². The normalized spacial score (nSPS) is 9.67. The molecule has 1 amide bonds. The quantitative estimate of drug-likeness (QED) is 0.725. The molecule has 0 aliphatic rings. The third kappa shape index (κ3) is 4.35. The van der Waals surface area contributed by atoms with Gasteiger partial charge in [0.15, 0.2) is 6.73 Å². The fourth-order valence-corrected chi connectivity index (χ4v) is 1.06. The third-order valence-electron chi connectivity index (χ3n) is 1.82. The number of carbonyl (C=O) groups is 1. The summed E-state index contributed by atoms with van der Waals surface area (Å²) < 4.78 is 5.23. The van der Waals surface area contributed by atoms with Crippen molar-refractivity contribution in [3.8, 4) is 11.5 Å². The monoisotopic (exact) mass is 209 g/mol. The van der Waals surface area contributed by atoms with Crippen molar-refractivity contribution in [2.45, 2.75) is 19.8 Å². The summed E-state index contributed by atoms with van der Waals surface area (Å²) in [7, 11) is 0. The minimum atomic E-state index is -0.0173. The van der Waals surface area contributed by atoms with Gasteiger partial charge in [-0.05, 0) is 30.7 Å². The van der Waals surface area contributed by atoms with Gasteiger partial charge in [-0.2, -0.15) is 0 Å². The average molecular weight is 209 g/mol. The molecule has 0 radical (unpaired) electrons. The smallest absolute Gasteiger partial charge is 0.222 e. The van der Waals surface area contributed by atoms with E-state index >= 15 is 0 Å². The van der Waals surface area contributed by atoms with Crippen molar-refractivity contribution in [1.82, 2.24) is 5.32 Å². The fraction of sp³-hybridized carbons (Fsp3) is 0.364. The fourth-order valence-electron chi connectivity index (χ4n) is 1.06. The predicted octanol–water partition coefficient (Wildman–Crippen LogP) is 1.64. The summed E-state index contributed by atoms with van der Waals surface area (Å²) in [6.07, 6.45) is 1.34. The van der Waals surface area contributed by atoms with Crippen LogP contribution >= 0.6 is 0 Å². The van der Waals surface area contributed by atoms with Crippen LogP contribution in [0.4, 0.5) is 0 Å². The Labute approximate surface area is 88.9 Å². The lowest BCUT2D eigenvalue weighted by Crippen LogP contribution is -2.27. The highest BCUT2D eigenvalue weighted by Gasteiger charge is 1.98. The van der Waals surface area contributed by atoms with Crippen LogP contribution < -0.4 is 10.1 Å². The molecule has 1 aromatic carbocycles. The molecule has 0 aliphatic carbocycles. The first kappa shape index (κ1) is 11.4. The number of benzene rings is 1. The Bertz CT molecular complexity index is 308. The van der Waals surface area contributed by atoms with E-state index in [2.05, 4.69) is 5.32 Å². The van der Waals surface area contributed by atoms with Crippen LogP contribution in [0.15, 0.2) is 24.3 Å². The molecule has 0 aromatic heterocycles. The maximum Gasteiger partial charge on any atom is 0.222 e. The Balaban J connectivity index is 2.26. The Kier molecular flexibility index (Phi) is 4.47. The number of ether oxygens (including phenoxy) is 1. The van der Waals surface area contributed by atoms with Gasteiger partial charge in [-0.1, -0.05) is 6.92 Å². The van der Waals surface area contributed by atoms with Crippen molar-refractivity contribution in [2.75, 3.05) is 6.73 Å². The number of phenols is 1. The lowest BCUT2D eigenvalue weighted by Gasteiger charge is -2.07. The van der Waals surface area contributed by atoms with E-state index in [-0.39, 0.29) is 18.4 Å². The summed E-state index contributed by atoms with van der Waals surface area (Å²) in [5.41, 5.74) is 0. The maximum absolute atomic E-state index is 11.1. The van der Waals surface area contributed by atoms with Gasteiger partial charge in [0, 0.05) is 6.42 Å². The van der Waals surface area contributed by atoms with Gasteiger partial charge >= 0.3 is 0 Å². The highest BCUT2D eigenvalue weighted by Crippen LogP contribution is 2.15. The van der Waals surface area contributed by atoms with Gasteiger partial charge in [-0.3, -0.25) is 4.79 Å². The lowest BCUT2D eigenvalue weighted by atomic mass is 10.3. The number of carbonyl (C=O) groups excluding carboxylic acids is 1. The maximum atomic E-state index is 11.1. The standard InChI is InChI=1S/C11H15NO3/c1-2-3-11(14)12-8-15-10-6-4-9(13)5-7-10/h4-7,13H,2-3,8H2,1H3,(H,12,14). The van der Waals surface area contributed by atoms with Crippen LogP contribution in [0, 0.1) is 0 Å². The van der Waals surface area contributed by atoms with Crippen LogP contribution in [0.25, 0.3) is 0 Å². The molecule has 0 saturated carbocycles. The van der Waals surface area contributed by atoms with Gasteiger partial charge in [-0.25, -0.2) is 0 Å². The van der Waals surface area contributed by atoms with Crippen molar-refractivity contribution in [2.24, 2.45) is 0 Å². The van der Waals surface area contributed by atoms with Crippen LogP contribution in [0.1, 0.15) is 19.8 Å². The third-order valence-corrected chi connectivity index (χ3v) is 1.82. The van der Waals surface area contributed by atoms with E-state index in [0.717, 1.165) is 6.42 Å². The summed E-state index contributed by atoms with van der Waals surface area (Å²) in [6.45, 7) is 2.10. The SMILES string of the molecule is CCCC(=O)NCOc1ccc(O)cc1. The van der Waals surface area contributed by atoms with E-state index in [4.69, 9.17) is 9.84 Å². The highest BCUT2D eigenvalue weighted by atomic mass is 16.5. The molecule has 4 heteroatoms. The second-order valence-electron chi connectivity index (χ2n) is 3.13. The molecule has 1 aromatic rings. The molecule has 4 nitrogen and oxygen atoms in total. The number of aromatic hydroxyl groups is 1. The van der Waals surface area contributed by atoms with Gasteiger partial charge in [0.25, 0.3) is 0 Å². The van der Waals surface area contributed by atoms with E-state index in [0.29, 0.717) is 12.2 Å². The van der Waals surface area contributed by atoms with Crippen molar-refractivity contribution >= 4 is 5.91 Å². The first-order chi connectivity index (χ1) is 7.22. The molecule has 0 atom stereocenters. The minimum absolute atomic E-state index is 0.0173. The molecule has 0 bridgehead atoms. The molecule has 0 fully saturated rings. The van der Waals surface area contributed by atoms with Crippen molar-refractivity contribution < 1.29 is 14.6 Å². The number of rotatable bonds is 5. The molecule has 0 spiro atoms. The van der Waals surface area contributed by atoms with Gasteiger partial charge in [0.05, 0.1) is 0 Å². The molecular weight excluding hydrogens is 194 g/mol. The van der Waals surface area contributed by atoms with Crippen LogP contribution in [0.5, 0.6) is 11.5 Å². The second-order valence-corrected chi connectivity index (χ2v) is 3.13. The van der Waals surface area contributed by atoms with E-state index < -0.39 is 0 Å². The zero-order chi connectivity index (χ0) is 11.1. The summed E-state index contributed by atoms with van der Waals surface area (Å²) in [6, 6.07) is 6.34. The van der Waals surface area contributed by atoms with E-state index in [1.54, 1.807) is 12.1 Å². The average Bonchev–Trinajstić information content (AvgIpc) is 2.21. The summed E-state index contributed by atoms with van der Waals surface area (Å²) >= 11 is 0. The molecule has 0 heterocycles. The molecule has 1 rings (SSSR count). The Morgan fingerprint density at radius 1 is 1.40 bits per heavy atom. The Morgan fingerprint density at radius 3 is 2.67 bits per heavy atom. The highest BCUT2D eigenvalue weighted by molar-refractivity contribution is 5.75. The first-order valence-corrected chi connectivity index (χ1v) is 4.91. The van der Waals surface area contributed by atoms with Gasteiger partial charge in [-0.15, -0.1) is 0 Å². The minimum Gasteiger partial charge on any atom is -0.508 e. The zero-order valence-corrected chi connectivity index (χ0v) is 8.69. The summed E-state index contributed by atoms with van der Waals surface area (Å²) in [5, 5.41) is 11.6. The number of phenolic OH excluding ortho intramolecular Hbond substituents is 1. The number of hydrogen-bond donors (Lipinski definition) is 2. The van der Waals surface area contributed by atoms with Crippen LogP contribution in [0.2, 0.25) is 0 Å². The molecular formula is C11H15NO3. The predicted molar refractivity (Wildman–Crippen MR) is 56.7 cm³/mol. The van der Waals surface area contributed by atoms with Crippen LogP contribution in [-0.2, 0) is 4.79 Å². The molecule has 15 heavy (non-hydrogen) atoms. The lowest BCUT2D eigenvalue weighted by molar-refractivity contribution is -0.122. The Morgan fingerprint density at radius 2 is 2.07 bits per heavy atom. The first-order valence-electron chi connectivity index (χ1n) is 4.91. The molecule has 2 N–H and O–H groups in total. The second kappa shape index (κ2) is 5.90. The number of hydrogen-bond acceptors (Lipinski definition) is 3. The number of amides is 1. The van der Waals surface area contributed by atoms with Crippen molar-refractivity contribution in [1.29, 1.82) is 0 Å². The summed E-state index contributed by atoms with van der Waals surface area (Å²) in [5.74, 6) is 0.790. The zero-order valence-electron chi connectivity index (χ0n) is 8.69. The van der Waals surface area contributed by atoms with Crippen molar-refractivity contribution in [3.05, 3.63) is 24.3 Å². The topological polar surface area (TPSA) is 58.6 Å². The van der Waals surface area contributed by atoms with Crippen LogP contribution in [-0.4, -0.2) is 17.7 Å². The molecule has 82 valence electrons. The van der Waals surface area contributed by atoms with E-state index in [1.807, 2.05) is 6.92 Å². The van der Waals surface area contributed by atoms with Gasteiger partial charge in [0.2, 0.25) is 5.91 Å². The van der Waals surface area contributed by atoms with Gasteiger partial charge in [0.1, 0.15) is 11.5 Å².